The van der Waals surface area contributed by atoms with Crippen LogP contribution in [0.2, 0.25) is 0 Å². The molecule has 2 N–H and O–H groups in total. The molecule has 0 aromatic carbocycles. The van der Waals surface area contributed by atoms with Crippen molar-refractivity contribution in [2.75, 3.05) is 0 Å². The average molecular weight is 336 g/mol. The summed E-state index contributed by atoms with van der Waals surface area (Å²) in [6.07, 6.45) is 15.4. The standard InChI is InChI=1S/C20H32O4/c1-2-3-6-9-17(21)14-12-16-13-15-19(22)18(16)10-7-4-5-8-11-20(23)24/h4,7,12,14,16-18,21H,2-3,5-6,8-11,13,15H2,1H3,(H,23,24)/b7-4+,14-12+/t16-,17-,18+/m0/s1. The lowest BCUT2D eigenvalue weighted by Gasteiger charge is -2.13. The van der Waals surface area contributed by atoms with Gasteiger partial charge in [0, 0.05) is 18.8 Å². The first kappa shape index (κ1) is 20.6. The van der Waals surface area contributed by atoms with E-state index in [9.17, 15) is 14.7 Å². The summed E-state index contributed by atoms with van der Waals surface area (Å²) in [5, 5.41) is 18.6. The fourth-order valence-electron chi connectivity index (χ4n) is 3.17. The molecule has 0 heterocycles. The maximum atomic E-state index is 12.0. The second kappa shape index (κ2) is 12.0. The maximum Gasteiger partial charge on any atom is 0.303 e. The van der Waals surface area contributed by atoms with E-state index in [-0.39, 0.29) is 18.3 Å². The Kier molecular flexibility index (Phi) is 10.3. The number of aliphatic carboxylic acids is 1. The number of unbranched alkanes of at least 4 members (excludes halogenated alkanes) is 3. The van der Waals surface area contributed by atoms with Gasteiger partial charge in [-0.3, -0.25) is 9.59 Å². The number of Topliss-reactive ketones (excluding diaryl/α,β-unsaturated/α-hetero) is 1. The van der Waals surface area contributed by atoms with Crippen molar-refractivity contribution in [2.45, 2.75) is 77.2 Å². The Balaban J connectivity index is 2.37. The molecule has 1 fully saturated rings. The minimum Gasteiger partial charge on any atom is -0.481 e. The zero-order chi connectivity index (χ0) is 17.8. The predicted octanol–water partition coefficient (Wildman–Crippen LogP) is 4.28. The highest BCUT2D eigenvalue weighted by molar-refractivity contribution is 5.83. The van der Waals surface area contributed by atoms with Crippen LogP contribution in [-0.2, 0) is 9.59 Å². The Morgan fingerprint density at radius 2 is 2.08 bits per heavy atom. The van der Waals surface area contributed by atoms with Crippen molar-refractivity contribution in [1.29, 1.82) is 0 Å². The van der Waals surface area contributed by atoms with Gasteiger partial charge in [-0.05, 0) is 38.0 Å². The van der Waals surface area contributed by atoms with Crippen LogP contribution in [0.3, 0.4) is 0 Å². The second-order valence-corrected chi connectivity index (χ2v) is 6.72. The molecule has 0 aromatic heterocycles. The van der Waals surface area contributed by atoms with E-state index < -0.39 is 12.1 Å². The van der Waals surface area contributed by atoms with Crippen molar-refractivity contribution in [3.05, 3.63) is 24.3 Å². The number of ketones is 1. The van der Waals surface area contributed by atoms with Crippen LogP contribution < -0.4 is 0 Å². The van der Waals surface area contributed by atoms with Crippen molar-refractivity contribution in [3.63, 3.8) is 0 Å². The fraction of sp³-hybridized carbons (Fsp3) is 0.700. The molecule has 1 aliphatic rings. The van der Waals surface area contributed by atoms with Gasteiger partial charge in [0.15, 0.2) is 0 Å². The van der Waals surface area contributed by atoms with Crippen molar-refractivity contribution in [1.82, 2.24) is 0 Å². The molecule has 0 aromatic rings. The van der Waals surface area contributed by atoms with Gasteiger partial charge in [0.05, 0.1) is 6.10 Å². The van der Waals surface area contributed by atoms with E-state index in [1.54, 1.807) is 0 Å². The van der Waals surface area contributed by atoms with Crippen LogP contribution in [0, 0.1) is 11.8 Å². The Bertz CT molecular complexity index is 439. The van der Waals surface area contributed by atoms with Gasteiger partial charge in [0.25, 0.3) is 0 Å². The topological polar surface area (TPSA) is 74.6 Å². The Labute approximate surface area is 145 Å². The van der Waals surface area contributed by atoms with Crippen molar-refractivity contribution < 1.29 is 19.8 Å². The van der Waals surface area contributed by atoms with E-state index in [4.69, 9.17) is 5.11 Å². The molecule has 4 heteroatoms. The molecule has 0 radical (unpaired) electrons. The highest BCUT2D eigenvalue weighted by atomic mass is 16.4. The van der Waals surface area contributed by atoms with Gasteiger partial charge in [-0.1, -0.05) is 50.5 Å². The van der Waals surface area contributed by atoms with Gasteiger partial charge >= 0.3 is 5.97 Å². The largest absolute Gasteiger partial charge is 0.481 e. The molecule has 0 bridgehead atoms. The van der Waals surface area contributed by atoms with Crippen molar-refractivity contribution in [2.24, 2.45) is 11.8 Å². The molecule has 1 saturated carbocycles. The summed E-state index contributed by atoms with van der Waals surface area (Å²) in [7, 11) is 0. The van der Waals surface area contributed by atoms with Gasteiger partial charge in [-0.2, -0.15) is 0 Å². The Hall–Kier alpha value is -1.42. The summed E-state index contributed by atoms with van der Waals surface area (Å²) >= 11 is 0. The van der Waals surface area contributed by atoms with Gasteiger partial charge in [0.1, 0.15) is 5.78 Å². The number of rotatable bonds is 12. The number of carboxylic acid groups (broad SMARTS) is 1. The van der Waals surface area contributed by atoms with E-state index in [0.717, 1.165) is 38.5 Å². The van der Waals surface area contributed by atoms with E-state index in [1.807, 2.05) is 24.3 Å². The van der Waals surface area contributed by atoms with Crippen LogP contribution in [-0.4, -0.2) is 28.1 Å². The first-order valence-electron chi connectivity index (χ1n) is 9.30. The summed E-state index contributed by atoms with van der Waals surface area (Å²) in [5.41, 5.74) is 0. The first-order chi connectivity index (χ1) is 11.5. The minimum absolute atomic E-state index is 0.0137. The van der Waals surface area contributed by atoms with Gasteiger partial charge in [-0.25, -0.2) is 0 Å². The molecule has 136 valence electrons. The number of carbonyl (C=O) groups is 2. The highest BCUT2D eigenvalue weighted by Crippen LogP contribution is 2.33. The SMILES string of the molecule is CCCCC[C@H](O)/C=C/[C@H]1CCC(=O)[C@@H]1C/C=C/CCCC(=O)O. The molecular weight excluding hydrogens is 304 g/mol. The summed E-state index contributed by atoms with van der Waals surface area (Å²) < 4.78 is 0. The first-order valence-corrected chi connectivity index (χ1v) is 9.30. The third kappa shape index (κ3) is 8.44. The summed E-state index contributed by atoms with van der Waals surface area (Å²) in [6, 6.07) is 0. The van der Waals surface area contributed by atoms with Crippen LogP contribution in [0.5, 0.6) is 0 Å². The molecule has 0 unspecified atom stereocenters. The fourth-order valence-corrected chi connectivity index (χ4v) is 3.17. The number of hydrogen-bond donors (Lipinski definition) is 2. The van der Waals surface area contributed by atoms with Crippen LogP contribution in [0.1, 0.15) is 71.1 Å². The second-order valence-electron chi connectivity index (χ2n) is 6.72. The van der Waals surface area contributed by atoms with E-state index in [0.29, 0.717) is 25.0 Å². The molecule has 0 aliphatic heterocycles. The number of allylic oxidation sites excluding steroid dienone is 3. The molecular formula is C20H32O4. The smallest absolute Gasteiger partial charge is 0.303 e. The number of hydrogen-bond acceptors (Lipinski definition) is 3. The monoisotopic (exact) mass is 336 g/mol. The number of aliphatic hydroxyl groups is 1. The molecule has 4 nitrogen and oxygen atoms in total. The molecule has 0 amide bonds. The lowest BCUT2D eigenvalue weighted by molar-refractivity contribution is -0.137. The predicted molar refractivity (Wildman–Crippen MR) is 95.8 cm³/mol. The molecule has 3 atom stereocenters. The van der Waals surface area contributed by atoms with Crippen LogP contribution >= 0.6 is 0 Å². The van der Waals surface area contributed by atoms with Gasteiger partial charge in [0.2, 0.25) is 0 Å². The van der Waals surface area contributed by atoms with E-state index in [1.165, 1.54) is 0 Å². The van der Waals surface area contributed by atoms with Crippen LogP contribution in [0.4, 0.5) is 0 Å². The lowest BCUT2D eigenvalue weighted by Crippen LogP contribution is -2.13. The highest BCUT2D eigenvalue weighted by Gasteiger charge is 2.31. The van der Waals surface area contributed by atoms with E-state index >= 15 is 0 Å². The maximum absolute atomic E-state index is 12.0. The van der Waals surface area contributed by atoms with E-state index in [2.05, 4.69) is 6.92 Å². The summed E-state index contributed by atoms with van der Waals surface area (Å²) in [4.78, 5) is 22.5. The zero-order valence-corrected chi connectivity index (χ0v) is 14.8. The number of carboxylic acids is 1. The van der Waals surface area contributed by atoms with Crippen molar-refractivity contribution in [3.8, 4) is 0 Å². The Morgan fingerprint density at radius 1 is 1.29 bits per heavy atom. The van der Waals surface area contributed by atoms with Crippen LogP contribution in [0.25, 0.3) is 0 Å². The number of aliphatic hydroxyl groups excluding tert-OH is 1. The lowest BCUT2D eigenvalue weighted by atomic mass is 9.91. The summed E-state index contributed by atoms with van der Waals surface area (Å²) in [5.74, 6) is -0.223. The minimum atomic E-state index is -0.767. The van der Waals surface area contributed by atoms with Crippen molar-refractivity contribution >= 4 is 11.8 Å². The molecule has 0 saturated heterocycles. The molecule has 24 heavy (non-hydrogen) atoms. The van der Waals surface area contributed by atoms with Gasteiger partial charge < -0.3 is 10.2 Å². The molecule has 0 spiro atoms. The molecule has 1 aliphatic carbocycles. The third-order valence-corrected chi connectivity index (χ3v) is 4.66. The summed E-state index contributed by atoms with van der Waals surface area (Å²) in [6.45, 7) is 2.14. The average Bonchev–Trinajstić information content (AvgIpc) is 2.89. The zero-order valence-electron chi connectivity index (χ0n) is 14.8. The van der Waals surface area contributed by atoms with Crippen LogP contribution in [0.15, 0.2) is 24.3 Å². The van der Waals surface area contributed by atoms with Gasteiger partial charge in [-0.15, -0.1) is 0 Å². The molecule has 1 rings (SSSR count). The Morgan fingerprint density at radius 3 is 2.79 bits per heavy atom. The quantitative estimate of drug-likeness (QED) is 0.412. The normalized spacial score (nSPS) is 22.7. The number of carbonyl (C=O) groups excluding carboxylic acids is 1. The third-order valence-electron chi connectivity index (χ3n) is 4.66.